The Morgan fingerprint density at radius 2 is 1.81 bits per heavy atom. The zero-order valence-corrected chi connectivity index (χ0v) is 12.4. The van der Waals surface area contributed by atoms with Gasteiger partial charge in [0.25, 0.3) is 0 Å². The second kappa shape index (κ2) is 5.02. The molecule has 0 bridgehead atoms. The maximum absolute atomic E-state index is 11.8. The van der Waals surface area contributed by atoms with E-state index in [1.165, 1.54) is 6.26 Å². The smallest absolute Gasteiger partial charge is 0.175 e. The van der Waals surface area contributed by atoms with Crippen molar-refractivity contribution in [2.24, 2.45) is 5.73 Å². The molecule has 5 heteroatoms. The van der Waals surface area contributed by atoms with E-state index < -0.39 is 9.84 Å². The number of nitrogens with one attached hydrogen (secondary N) is 1. The molecule has 0 spiro atoms. The molecule has 0 aliphatic heterocycles. The molecule has 0 saturated heterocycles. The summed E-state index contributed by atoms with van der Waals surface area (Å²) in [6.45, 7) is 0.368. The normalized spacial score (nSPS) is 11.9. The topological polar surface area (TPSA) is 76.0 Å². The Kier molecular flexibility index (Phi) is 3.31. The molecular formula is C16H16N2O2S. The van der Waals surface area contributed by atoms with Crippen LogP contribution >= 0.6 is 0 Å². The highest BCUT2D eigenvalue weighted by molar-refractivity contribution is 7.90. The van der Waals surface area contributed by atoms with Gasteiger partial charge in [0.1, 0.15) is 0 Å². The van der Waals surface area contributed by atoms with Crippen molar-refractivity contribution < 1.29 is 8.42 Å². The molecule has 3 rings (SSSR count). The first-order chi connectivity index (χ1) is 10.0. The van der Waals surface area contributed by atoms with Crippen LogP contribution in [0.2, 0.25) is 0 Å². The average Bonchev–Trinajstić information content (AvgIpc) is 2.84. The van der Waals surface area contributed by atoms with Crippen molar-refractivity contribution in [1.82, 2.24) is 4.98 Å². The Hall–Kier alpha value is -2.11. The van der Waals surface area contributed by atoms with Crippen molar-refractivity contribution in [3.63, 3.8) is 0 Å². The fourth-order valence-corrected chi connectivity index (χ4v) is 3.19. The predicted molar refractivity (Wildman–Crippen MR) is 84.7 cm³/mol. The van der Waals surface area contributed by atoms with Gasteiger partial charge < -0.3 is 10.7 Å². The number of H-pyrrole nitrogens is 1. The van der Waals surface area contributed by atoms with Crippen molar-refractivity contribution in [3.8, 4) is 11.1 Å². The Morgan fingerprint density at radius 3 is 2.43 bits per heavy atom. The van der Waals surface area contributed by atoms with Gasteiger partial charge in [0.2, 0.25) is 0 Å². The third kappa shape index (κ3) is 2.46. The molecule has 2 aromatic carbocycles. The third-order valence-electron chi connectivity index (χ3n) is 3.54. The van der Waals surface area contributed by atoms with Crippen LogP contribution in [0.1, 0.15) is 5.69 Å². The van der Waals surface area contributed by atoms with E-state index in [1.807, 2.05) is 30.3 Å². The lowest BCUT2D eigenvalue weighted by Crippen LogP contribution is -1.98. The summed E-state index contributed by atoms with van der Waals surface area (Å²) in [7, 11) is -3.24. The number of benzene rings is 2. The number of aromatic amines is 1. The molecule has 1 aromatic heterocycles. The zero-order valence-electron chi connectivity index (χ0n) is 11.6. The minimum Gasteiger partial charge on any atom is -0.357 e. The van der Waals surface area contributed by atoms with Crippen molar-refractivity contribution in [2.75, 3.05) is 6.26 Å². The molecule has 3 N–H and O–H groups in total. The molecule has 3 aromatic rings. The van der Waals surface area contributed by atoms with Crippen molar-refractivity contribution in [3.05, 3.63) is 54.2 Å². The maximum atomic E-state index is 11.8. The largest absolute Gasteiger partial charge is 0.357 e. The second-order valence-corrected chi connectivity index (χ2v) is 7.04. The third-order valence-corrected chi connectivity index (χ3v) is 4.65. The molecule has 1 heterocycles. The van der Waals surface area contributed by atoms with Gasteiger partial charge in [-0.05, 0) is 23.8 Å². The van der Waals surface area contributed by atoms with Gasteiger partial charge in [-0.15, -0.1) is 0 Å². The Balaban J connectivity index is 2.35. The Morgan fingerprint density at radius 1 is 1.10 bits per heavy atom. The van der Waals surface area contributed by atoms with Gasteiger partial charge in [0, 0.05) is 35.0 Å². The van der Waals surface area contributed by atoms with Crippen molar-refractivity contribution in [1.29, 1.82) is 0 Å². The molecule has 0 aliphatic rings. The maximum Gasteiger partial charge on any atom is 0.175 e. The van der Waals surface area contributed by atoms with Gasteiger partial charge in [-0.25, -0.2) is 8.42 Å². The molecular weight excluding hydrogens is 284 g/mol. The van der Waals surface area contributed by atoms with E-state index in [9.17, 15) is 8.42 Å². The van der Waals surface area contributed by atoms with Crippen molar-refractivity contribution >= 4 is 20.7 Å². The van der Waals surface area contributed by atoms with Crippen LogP contribution in [0.5, 0.6) is 0 Å². The molecule has 0 atom stereocenters. The van der Waals surface area contributed by atoms with E-state index in [0.717, 1.165) is 27.7 Å². The van der Waals surface area contributed by atoms with E-state index in [4.69, 9.17) is 5.73 Å². The highest BCUT2D eigenvalue weighted by atomic mass is 32.2. The molecule has 0 fully saturated rings. The summed E-state index contributed by atoms with van der Waals surface area (Å²) in [5, 5.41) is 0.879. The summed E-state index contributed by atoms with van der Waals surface area (Å²) in [6.07, 6.45) is 1.22. The van der Waals surface area contributed by atoms with Crippen LogP contribution in [-0.4, -0.2) is 19.7 Å². The summed E-state index contributed by atoms with van der Waals surface area (Å²) in [5.74, 6) is 0. The first-order valence-corrected chi connectivity index (χ1v) is 8.50. The van der Waals surface area contributed by atoms with Crippen molar-refractivity contribution in [2.45, 2.75) is 11.4 Å². The number of hydrogen-bond acceptors (Lipinski definition) is 3. The molecule has 0 radical (unpaired) electrons. The predicted octanol–water partition coefficient (Wildman–Crippen LogP) is 2.70. The van der Waals surface area contributed by atoms with Gasteiger partial charge >= 0.3 is 0 Å². The fraction of sp³-hybridized carbons (Fsp3) is 0.125. The summed E-state index contributed by atoms with van der Waals surface area (Å²) in [5.41, 5.74) is 9.62. The van der Waals surface area contributed by atoms with Crippen LogP contribution < -0.4 is 5.73 Å². The number of sulfone groups is 1. The molecule has 4 nitrogen and oxygen atoms in total. The number of rotatable bonds is 3. The minimum atomic E-state index is -3.24. The van der Waals surface area contributed by atoms with Crippen LogP contribution in [0.15, 0.2) is 53.4 Å². The monoisotopic (exact) mass is 300 g/mol. The Labute approximate surface area is 123 Å². The minimum absolute atomic E-state index is 0.315. The van der Waals surface area contributed by atoms with Gasteiger partial charge in [-0.3, -0.25) is 0 Å². The van der Waals surface area contributed by atoms with Crippen LogP contribution in [0.25, 0.3) is 22.0 Å². The Bertz CT molecular complexity index is 897. The molecule has 21 heavy (non-hydrogen) atoms. The second-order valence-electron chi connectivity index (χ2n) is 5.03. The SMILES string of the molecule is CS(=O)(=O)c1ccc2[nH]c(CN)c(-c3ccccc3)c2c1. The van der Waals surface area contributed by atoms with Gasteiger partial charge in [-0.2, -0.15) is 0 Å². The quantitative estimate of drug-likeness (QED) is 0.781. The molecule has 108 valence electrons. The van der Waals surface area contributed by atoms with Gasteiger partial charge in [0.05, 0.1) is 4.90 Å². The van der Waals surface area contributed by atoms with Gasteiger partial charge in [0.15, 0.2) is 9.84 Å². The van der Waals surface area contributed by atoms with Crippen LogP contribution in [0.4, 0.5) is 0 Å². The summed E-state index contributed by atoms with van der Waals surface area (Å²) in [6, 6.07) is 15.0. The molecule has 0 amide bonds. The molecule has 0 saturated carbocycles. The van der Waals surface area contributed by atoms with Crippen LogP contribution in [0.3, 0.4) is 0 Å². The van der Waals surface area contributed by atoms with E-state index in [-0.39, 0.29) is 0 Å². The van der Waals surface area contributed by atoms with E-state index in [2.05, 4.69) is 4.98 Å². The van der Waals surface area contributed by atoms with E-state index in [1.54, 1.807) is 18.2 Å². The summed E-state index contributed by atoms with van der Waals surface area (Å²) >= 11 is 0. The standard InChI is InChI=1S/C16H16N2O2S/c1-21(19,20)12-7-8-14-13(9-12)16(15(10-17)18-14)11-5-3-2-4-6-11/h2-9,18H,10,17H2,1H3. The van der Waals surface area contributed by atoms with Crippen LogP contribution in [0, 0.1) is 0 Å². The molecule has 0 aliphatic carbocycles. The number of fused-ring (bicyclic) bond motifs is 1. The number of aromatic nitrogens is 1. The molecule has 0 unspecified atom stereocenters. The van der Waals surface area contributed by atoms with Crippen LogP contribution in [-0.2, 0) is 16.4 Å². The first kappa shape index (κ1) is 13.9. The number of nitrogens with two attached hydrogens (primary N) is 1. The first-order valence-electron chi connectivity index (χ1n) is 6.61. The van der Waals surface area contributed by atoms with E-state index in [0.29, 0.717) is 11.4 Å². The summed E-state index contributed by atoms with van der Waals surface area (Å²) in [4.78, 5) is 3.59. The lowest BCUT2D eigenvalue weighted by Gasteiger charge is -2.04. The lowest BCUT2D eigenvalue weighted by atomic mass is 10.0. The fourth-order valence-electron chi connectivity index (χ4n) is 2.55. The van der Waals surface area contributed by atoms with E-state index >= 15 is 0 Å². The number of hydrogen-bond donors (Lipinski definition) is 2. The zero-order chi connectivity index (χ0) is 15.0. The van der Waals surface area contributed by atoms with Gasteiger partial charge in [-0.1, -0.05) is 30.3 Å². The highest BCUT2D eigenvalue weighted by Gasteiger charge is 2.15. The highest BCUT2D eigenvalue weighted by Crippen LogP contribution is 2.33. The lowest BCUT2D eigenvalue weighted by molar-refractivity contribution is 0.602. The average molecular weight is 300 g/mol. The summed E-state index contributed by atoms with van der Waals surface area (Å²) < 4.78 is 23.5.